The van der Waals surface area contributed by atoms with Crippen LogP contribution in [0.15, 0.2) is 0 Å². The first-order valence-electron chi connectivity index (χ1n) is 4.94. The molecule has 1 saturated carbocycles. The molecule has 3 heteroatoms. The lowest BCUT2D eigenvalue weighted by molar-refractivity contribution is -0.877. The molecule has 0 bridgehead atoms. The van der Waals surface area contributed by atoms with Crippen LogP contribution in [0, 0.1) is 0 Å². The lowest BCUT2D eigenvalue weighted by Crippen LogP contribution is -3.00. The molecule has 1 aliphatic carbocycles. The molecule has 80 valence electrons. The van der Waals surface area contributed by atoms with Gasteiger partial charge in [-0.1, -0.05) is 19.3 Å². The fraction of sp³-hybridized carbons (Fsp3) is 1.00. The number of aliphatic hydroxyl groups is 1. The first-order chi connectivity index (χ1) is 5.41. The third-order valence-electron chi connectivity index (χ3n) is 2.55. The van der Waals surface area contributed by atoms with E-state index in [1.54, 1.807) is 0 Å². The van der Waals surface area contributed by atoms with Gasteiger partial charge in [-0.05, 0) is 12.8 Å². The van der Waals surface area contributed by atoms with Crippen molar-refractivity contribution in [2.75, 3.05) is 27.7 Å². The van der Waals surface area contributed by atoms with Gasteiger partial charge >= 0.3 is 0 Å². The molecule has 1 aliphatic rings. The summed E-state index contributed by atoms with van der Waals surface area (Å²) in [5, 5.41) is 10.2. The maximum Gasteiger partial charge on any atom is 0.113 e. The summed E-state index contributed by atoms with van der Waals surface area (Å²) in [7, 11) is 6.44. The zero-order valence-corrected chi connectivity index (χ0v) is 11.2. The quantitative estimate of drug-likeness (QED) is 0.481. The average Bonchev–Trinajstić information content (AvgIpc) is 1.83. The second kappa shape index (κ2) is 4.94. The van der Waals surface area contributed by atoms with Crippen LogP contribution in [0.1, 0.15) is 32.1 Å². The topological polar surface area (TPSA) is 20.2 Å². The molecule has 0 heterocycles. The fourth-order valence-corrected chi connectivity index (χ4v) is 2.25. The Balaban J connectivity index is 0.00000144. The Hall–Kier alpha value is 0.650. The van der Waals surface area contributed by atoms with Crippen LogP contribution in [0.3, 0.4) is 0 Å². The number of hydrogen-bond donors (Lipinski definition) is 1. The molecule has 0 unspecified atom stereocenters. The predicted molar refractivity (Wildman–Crippen MR) is 50.9 cm³/mol. The van der Waals surface area contributed by atoms with Crippen molar-refractivity contribution in [1.29, 1.82) is 0 Å². The van der Waals surface area contributed by atoms with Gasteiger partial charge in [0.25, 0.3) is 0 Å². The minimum Gasteiger partial charge on any atom is -1.00 e. The molecule has 0 spiro atoms. The maximum absolute atomic E-state index is 10.2. The van der Waals surface area contributed by atoms with Crippen molar-refractivity contribution in [3.8, 4) is 0 Å². The van der Waals surface area contributed by atoms with E-state index in [0.29, 0.717) is 0 Å². The summed E-state index contributed by atoms with van der Waals surface area (Å²) in [6.07, 6.45) is 5.72. The highest BCUT2D eigenvalue weighted by molar-refractivity contribution is 4.81. The Morgan fingerprint density at radius 2 is 1.54 bits per heavy atom. The molecule has 1 N–H and O–H groups in total. The van der Waals surface area contributed by atoms with Gasteiger partial charge in [-0.15, -0.1) is 0 Å². The third-order valence-corrected chi connectivity index (χ3v) is 2.55. The van der Waals surface area contributed by atoms with Crippen LogP contribution < -0.4 is 24.0 Å². The molecule has 0 atom stereocenters. The van der Waals surface area contributed by atoms with Crippen LogP contribution in [0.2, 0.25) is 0 Å². The highest BCUT2D eigenvalue weighted by Crippen LogP contribution is 2.29. The summed E-state index contributed by atoms with van der Waals surface area (Å²) < 4.78 is 0.872. The molecule has 0 saturated heterocycles. The Labute approximate surface area is 98.9 Å². The number of nitrogens with zero attached hydrogens (tertiary/aromatic N) is 1. The van der Waals surface area contributed by atoms with Crippen LogP contribution >= 0.6 is 0 Å². The Kier molecular flexibility index (Phi) is 5.18. The van der Waals surface area contributed by atoms with Crippen molar-refractivity contribution in [2.45, 2.75) is 37.7 Å². The standard InChI is InChI=1S/C10H22NO.HI/c1-11(2,3)9-10(12)7-5-4-6-8-10;/h12H,4-9H2,1-3H3;1H/q+1;/p-1. The molecular formula is C10H22INO. The van der Waals surface area contributed by atoms with E-state index in [1.165, 1.54) is 19.3 Å². The highest BCUT2D eigenvalue weighted by atomic mass is 127. The highest BCUT2D eigenvalue weighted by Gasteiger charge is 2.34. The van der Waals surface area contributed by atoms with Crippen molar-refractivity contribution >= 4 is 0 Å². The number of likely N-dealkylation sites (N-methyl/N-ethyl adjacent to an activating group) is 1. The fourth-order valence-electron chi connectivity index (χ4n) is 2.25. The maximum atomic E-state index is 10.2. The van der Waals surface area contributed by atoms with Gasteiger partial charge in [0.15, 0.2) is 0 Å². The first-order valence-corrected chi connectivity index (χ1v) is 4.94. The zero-order valence-electron chi connectivity index (χ0n) is 9.02. The van der Waals surface area contributed by atoms with Crippen LogP contribution in [0.25, 0.3) is 0 Å². The smallest absolute Gasteiger partial charge is 0.113 e. The lowest BCUT2D eigenvalue weighted by atomic mass is 9.84. The van der Waals surface area contributed by atoms with Crippen molar-refractivity contribution < 1.29 is 33.6 Å². The van der Waals surface area contributed by atoms with Crippen molar-refractivity contribution in [2.24, 2.45) is 0 Å². The number of quaternary nitrogens is 1. The van der Waals surface area contributed by atoms with Gasteiger partial charge in [0, 0.05) is 0 Å². The van der Waals surface area contributed by atoms with Crippen molar-refractivity contribution in [3.63, 3.8) is 0 Å². The van der Waals surface area contributed by atoms with E-state index in [0.717, 1.165) is 23.9 Å². The number of halogens is 1. The summed E-state index contributed by atoms with van der Waals surface area (Å²) in [4.78, 5) is 0. The number of hydrogen-bond acceptors (Lipinski definition) is 1. The van der Waals surface area contributed by atoms with Gasteiger partial charge in [0.05, 0.1) is 21.1 Å². The van der Waals surface area contributed by atoms with Crippen LogP contribution in [-0.2, 0) is 0 Å². The molecule has 0 aliphatic heterocycles. The molecule has 13 heavy (non-hydrogen) atoms. The summed E-state index contributed by atoms with van der Waals surface area (Å²) in [5.41, 5.74) is -0.365. The normalized spacial score (nSPS) is 22.2. The van der Waals surface area contributed by atoms with E-state index in [1.807, 2.05) is 0 Å². The first kappa shape index (κ1) is 13.7. The second-order valence-electron chi connectivity index (χ2n) is 5.23. The minimum absolute atomic E-state index is 0. The molecule has 0 amide bonds. The Bertz CT molecular complexity index is 147. The average molecular weight is 299 g/mol. The third kappa shape index (κ3) is 5.18. The Morgan fingerprint density at radius 3 is 1.92 bits per heavy atom. The van der Waals surface area contributed by atoms with E-state index in [9.17, 15) is 5.11 Å². The largest absolute Gasteiger partial charge is 1.00 e. The van der Waals surface area contributed by atoms with Gasteiger partial charge < -0.3 is 33.6 Å². The lowest BCUT2D eigenvalue weighted by Gasteiger charge is -2.37. The molecule has 0 aromatic rings. The van der Waals surface area contributed by atoms with E-state index < -0.39 is 0 Å². The summed E-state index contributed by atoms with van der Waals surface area (Å²) in [5.74, 6) is 0. The minimum atomic E-state index is -0.365. The van der Waals surface area contributed by atoms with Gasteiger partial charge in [-0.2, -0.15) is 0 Å². The zero-order chi connectivity index (χ0) is 9.24. The second-order valence-corrected chi connectivity index (χ2v) is 5.23. The number of rotatable bonds is 2. The van der Waals surface area contributed by atoms with Crippen LogP contribution in [-0.4, -0.2) is 42.9 Å². The molecule has 2 nitrogen and oxygen atoms in total. The van der Waals surface area contributed by atoms with E-state index >= 15 is 0 Å². The SMILES string of the molecule is C[N+](C)(C)CC1(O)CCCCC1.[I-]. The van der Waals surface area contributed by atoms with Gasteiger partial charge in [0.1, 0.15) is 12.1 Å². The molecule has 0 aromatic carbocycles. The van der Waals surface area contributed by atoms with Crippen molar-refractivity contribution in [1.82, 2.24) is 0 Å². The van der Waals surface area contributed by atoms with Gasteiger partial charge in [-0.25, -0.2) is 0 Å². The monoisotopic (exact) mass is 299 g/mol. The predicted octanol–water partition coefficient (Wildman–Crippen LogP) is -1.61. The van der Waals surface area contributed by atoms with Gasteiger partial charge in [0.2, 0.25) is 0 Å². The molecule has 1 rings (SSSR count). The summed E-state index contributed by atoms with van der Waals surface area (Å²) in [6.45, 7) is 0.896. The van der Waals surface area contributed by atoms with Crippen LogP contribution in [0.5, 0.6) is 0 Å². The molecular weight excluding hydrogens is 277 g/mol. The molecule has 1 fully saturated rings. The van der Waals surface area contributed by atoms with Gasteiger partial charge in [-0.3, -0.25) is 0 Å². The summed E-state index contributed by atoms with van der Waals surface area (Å²) in [6, 6.07) is 0. The van der Waals surface area contributed by atoms with E-state index in [2.05, 4.69) is 21.1 Å². The van der Waals surface area contributed by atoms with Crippen LogP contribution in [0.4, 0.5) is 0 Å². The molecule has 0 aromatic heterocycles. The molecule has 0 radical (unpaired) electrons. The Morgan fingerprint density at radius 1 is 1.08 bits per heavy atom. The van der Waals surface area contributed by atoms with E-state index in [4.69, 9.17) is 0 Å². The van der Waals surface area contributed by atoms with E-state index in [-0.39, 0.29) is 29.6 Å². The van der Waals surface area contributed by atoms with Crippen molar-refractivity contribution in [3.05, 3.63) is 0 Å². The summed E-state index contributed by atoms with van der Waals surface area (Å²) >= 11 is 0.